The Hall–Kier alpha value is -1.61. The Kier molecular flexibility index (Phi) is 4.21. The van der Waals surface area contributed by atoms with Crippen molar-refractivity contribution in [3.63, 3.8) is 0 Å². The van der Waals surface area contributed by atoms with Gasteiger partial charge < -0.3 is 9.32 Å². The van der Waals surface area contributed by atoms with Gasteiger partial charge in [-0.25, -0.2) is 4.79 Å². The second-order valence-corrected chi connectivity index (χ2v) is 7.95. The average Bonchev–Trinajstić information content (AvgIpc) is 2.58. The Morgan fingerprint density at radius 3 is 2.75 bits per heavy atom. The maximum atomic E-state index is 12.1. The number of hydrogen-bond donors (Lipinski definition) is 1. The molecule has 128 valence electrons. The molecule has 0 radical (unpaired) electrons. The minimum atomic E-state index is -0.210. The first-order valence-electron chi connectivity index (χ1n) is 9.48. The van der Waals surface area contributed by atoms with Gasteiger partial charge in [-0.1, -0.05) is 25.0 Å². The monoisotopic (exact) mass is 326 g/mol. The number of aryl methyl sites for hydroxylation is 2. The summed E-state index contributed by atoms with van der Waals surface area (Å²) < 4.78 is 5.52. The number of fused-ring (bicyclic) bond motifs is 2. The third-order valence-electron chi connectivity index (χ3n) is 6.44. The first kappa shape index (κ1) is 15.9. The van der Waals surface area contributed by atoms with Crippen LogP contribution in [-0.2, 0) is 6.54 Å². The van der Waals surface area contributed by atoms with Crippen molar-refractivity contribution in [1.29, 1.82) is 0 Å². The lowest BCUT2D eigenvalue weighted by atomic mass is 9.75. The van der Waals surface area contributed by atoms with Crippen molar-refractivity contribution >= 4 is 11.0 Å². The lowest BCUT2D eigenvalue weighted by molar-refractivity contribution is -0.924. The first-order valence-corrected chi connectivity index (χ1v) is 9.48. The summed E-state index contributed by atoms with van der Waals surface area (Å²) in [6.07, 6.45) is 7.04. The normalized spacial score (nSPS) is 27.2. The van der Waals surface area contributed by atoms with Crippen LogP contribution in [0.15, 0.2) is 27.4 Å². The lowest BCUT2D eigenvalue weighted by Gasteiger charge is -2.39. The van der Waals surface area contributed by atoms with E-state index in [0.717, 1.165) is 40.5 Å². The number of hydrogen-bond acceptors (Lipinski definition) is 2. The predicted molar refractivity (Wildman–Crippen MR) is 96.4 cm³/mol. The van der Waals surface area contributed by atoms with E-state index in [1.54, 1.807) is 11.0 Å². The summed E-state index contributed by atoms with van der Waals surface area (Å²) in [6.45, 7) is 7.59. The minimum absolute atomic E-state index is 0.210. The molecule has 3 nitrogen and oxygen atoms in total. The van der Waals surface area contributed by atoms with Crippen molar-refractivity contribution in [2.45, 2.75) is 52.5 Å². The van der Waals surface area contributed by atoms with Crippen molar-refractivity contribution in [1.82, 2.24) is 0 Å². The minimum Gasteiger partial charge on any atom is -0.422 e. The van der Waals surface area contributed by atoms with Crippen LogP contribution in [-0.4, -0.2) is 13.1 Å². The van der Waals surface area contributed by atoms with Gasteiger partial charge in [0.15, 0.2) is 0 Å². The van der Waals surface area contributed by atoms with E-state index in [4.69, 9.17) is 4.42 Å². The molecule has 2 heterocycles. The topological polar surface area (TPSA) is 34.7 Å². The molecule has 0 spiro atoms. The second kappa shape index (κ2) is 6.36. The van der Waals surface area contributed by atoms with Crippen molar-refractivity contribution in [3.8, 4) is 0 Å². The number of piperidine rings is 1. The molecule has 1 unspecified atom stereocenters. The zero-order chi connectivity index (χ0) is 16.7. The summed E-state index contributed by atoms with van der Waals surface area (Å²) >= 11 is 0. The summed E-state index contributed by atoms with van der Waals surface area (Å²) in [6, 6.07) is 5.99. The van der Waals surface area contributed by atoms with E-state index in [1.165, 1.54) is 50.8 Å². The SMILES string of the molecule is Cc1ccc2c(C[NH+]3CC[C@@H]4CCCC[C@@H]4C3)cc(=O)oc2c1C. The highest BCUT2D eigenvalue weighted by molar-refractivity contribution is 5.83. The molecular formula is C21H28NO2+. The Morgan fingerprint density at radius 1 is 1.12 bits per heavy atom. The Balaban J connectivity index is 1.63. The van der Waals surface area contributed by atoms with Gasteiger partial charge in [0.05, 0.1) is 13.1 Å². The molecule has 2 aromatic rings. The highest BCUT2D eigenvalue weighted by Crippen LogP contribution is 2.32. The molecule has 3 heteroatoms. The highest BCUT2D eigenvalue weighted by atomic mass is 16.4. The van der Waals surface area contributed by atoms with Crippen molar-refractivity contribution in [2.75, 3.05) is 13.1 Å². The fraction of sp³-hybridized carbons (Fsp3) is 0.571. The molecule has 4 rings (SSSR count). The maximum absolute atomic E-state index is 12.1. The highest BCUT2D eigenvalue weighted by Gasteiger charge is 2.33. The molecule has 1 aliphatic heterocycles. The molecule has 2 aliphatic rings. The van der Waals surface area contributed by atoms with Crippen molar-refractivity contribution in [2.24, 2.45) is 11.8 Å². The van der Waals surface area contributed by atoms with Gasteiger partial charge in [0.25, 0.3) is 0 Å². The largest absolute Gasteiger partial charge is 0.422 e. The maximum Gasteiger partial charge on any atom is 0.336 e. The second-order valence-electron chi connectivity index (χ2n) is 7.95. The predicted octanol–water partition coefficient (Wildman–Crippen LogP) is 3.00. The molecule has 1 saturated carbocycles. The van der Waals surface area contributed by atoms with Crippen LogP contribution in [0, 0.1) is 25.7 Å². The zero-order valence-electron chi connectivity index (χ0n) is 14.9. The Morgan fingerprint density at radius 2 is 1.92 bits per heavy atom. The quantitative estimate of drug-likeness (QED) is 0.861. The van der Waals surface area contributed by atoms with Crippen LogP contribution in [0.5, 0.6) is 0 Å². The lowest BCUT2D eigenvalue weighted by Crippen LogP contribution is -3.12. The van der Waals surface area contributed by atoms with Crippen LogP contribution in [0.25, 0.3) is 11.0 Å². The zero-order valence-corrected chi connectivity index (χ0v) is 14.9. The van der Waals surface area contributed by atoms with Gasteiger partial charge >= 0.3 is 5.63 Å². The van der Waals surface area contributed by atoms with Crippen LogP contribution >= 0.6 is 0 Å². The standard InChI is InChI=1S/C21H27NO2/c1-14-7-8-19-18(11-20(23)24-21(19)15(14)2)13-22-10-9-16-5-3-4-6-17(16)12-22/h7-8,11,16-17H,3-6,9-10,12-13H2,1-2H3/p+1/t16-,17+/m0/s1. The summed E-state index contributed by atoms with van der Waals surface area (Å²) in [4.78, 5) is 13.7. The third-order valence-corrected chi connectivity index (χ3v) is 6.44. The van der Waals surface area contributed by atoms with E-state index in [-0.39, 0.29) is 5.63 Å². The molecule has 1 aromatic heterocycles. The Bertz CT molecular complexity index is 807. The molecule has 1 aromatic carbocycles. The number of nitrogens with one attached hydrogen (secondary N) is 1. The van der Waals surface area contributed by atoms with Crippen LogP contribution in [0.2, 0.25) is 0 Å². The molecular weight excluding hydrogens is 298 g/mol. The molecule has 3 atom stereocenters. The van der Waals surface area contributed by atoms with Gasteiger partial charge in [0.2, 0.25) is 0 Å². The van der Waals surface area contributed by atoms with E-state index in [0.29, 0.717) is 0 Å². The van der Waals surface area contributed by atoms with Gasteiger partial charge in [-0.2, -0.15) is 0 Å². The molecule has 2 fully saturated rings. The molecule has 1 aliphatic carbocycles. The van der Waals surface area contributed by atoms with Gasteiger partial charge in [0, 0.05) is 22.9 Å². The van der Waals surface area contributed by atoms with Crippen molar-refractivity contribution in [3.05, 3.63) is 45.3 Å². The summed E-state index contributed by atoms with van der Waals surface area (Å²) in [5.41, 5.74) is 4.00. The number of rotatable bonds is 2. The fourth-order valence-electron chi connectivity index (χ4n) is 4.90. The number of likely N-dealkylation sites (tertiary alicyclic amines) is 1. The van der Waals surface area contributed by atoms with Crippen LogP contribution < -0.4 is 10.5 Å². The van der Waals surface area contributed by atoms with Crippen LogP contribution in [0.3, 0.4) is 0 Å². The van der Waals surface area contributed by atoms with E-state index in [9.17, 15) is 4.79 Å². The summed E-state index contributed by atoms with van der Waals surface area (Å²) in [7, 11) is 0. The third kappa shape index (κ3) is 2.90. The first-order chi connectivity index (χ1) is 11.6. The van der Waals surface area contributed by atoms with E-state index in [1.807, 2.05) is 6.92 Å². The van der Waals surface area contributed by atoms with Crippen molar-refractivity contribution < 1.29 is 9.32 Å². The molecule has 1 N–H and O–H groups in total. The van der Waals surface area contributed by atoms with Crippen LogP contribution in [0.1, 0.15) is 48.8 Å². The average molecular weight is 326 g/mol. The molecule has 24 heavy (non-hydrogen) atoms. The van der Waals surface area contributed by atoms with E-state index < -0.39 is 0 Å². The molecule has 0 bridgehead atoms. The molecule has 0 amide bonds. The van der Waals surface area contributed by atoms with Crippen LogP contribution in [0.4, 0.5) is 0 Å². The van der Waals surface area contributed by atoms with Gasteiger partial charge in [-0.3, -0.25) is 0 Å². The number of quaternary nitrogens is 1. The Labute approximate surface area is 143 Å². The van der Waals surface area contributed by atoms with Gasteiger partial charge in [-0.05, 0) is 50.2 Å². The summed E-state index contributed by atoms with van der Waals surface area (Å²) in [5.74, 6) is 1.86. The van der Waals surface area contributed by atoms with E-state index in [2.05, 4.69) is 19.1 Å². The summed E-state index contributed by atoms with van der Waals surface area (Å²) in [5, 5.41) is 1.12. The number of benzene rings is 1. The van der Waals surface area contributed by atoms with E-state index >= 15 is 0 Å². The smallest absolute Gasteiger partial charge is 0.336 e. The molecule has 1 saturated heterocycles. The fourth-order valence-corrected chi connectivity index (χ4v) is 4.90. The van der Waals surface area contributed by atoms with Gasteiger partial charge in [-0.15, -0.1) is 0 Å². The van der Waals surface area contributed by atoms with Gasteiger partial charge in [0.1, 0.15) is 12.1 Å².